The van der Waals surface area contributed by atoms with Crippen LogP contribution in [0.2, 0.25) is 0 Å². The maximum Gasteiger partial charge on any atom is 0.0458 e. The zero-order valence-electron chi connectivity index (χ0n) is 12.2. The Morgan fingerprint density at radius 1 is 1.28 bits per heavy atom. The van der Waals surface area contributed by atoms with Crippen molar-refractivity contribution in [2.45, 2.75) is 58.9 Å². The van der Waals surface area contributed by atoms with Crippen LogP contribution in [-0.2, 0) is 5.54 Å². The van der Waals surface area contributed by atoms with Gasteiger partial charge in [-0.25, -0.2) is 0 Å². The molecule has 18 heavy (non-hydrogen) atoms. The highest BCUT2D eigenvalue weighted by Gasteiger charge is 2.44. The van der Waals surface area contributed by atoms with Crippen molar-refractivity contribution < 1.29 is 0 Å². The largest absolute Gasteiger partial charge is 0.321 e. The number of nitrogens with two attached hydrogens (primary N) is 1. The molecule has 0 saturated heterocycles. The van der Waals surface area contributed by atoms with E-state index in [-0.39, 0.29) is 11.0 Å². The first-order valence-corrected chi connectivity index (χ1v) is 7.06. The molecule has 100 valence electrons. The number of aromatic nitrogens is 1. The molecule has 0 amide bonds. The van der Waals surface area contributed by atoms with Gasteiger partial charge in [0.1, 0.15) is 0 Å². The monoisotopic (exact) mass is 246 g/mol. The molecule has 2 rings (SSSR count). The number of rotatable bonds is 1. The third kappa shape index (κ3) is 2.44. The smallest absolute Gasteiger partial charge is 0.0458 e. The zero-order valence-corrected chi connectivity index (χ0v) is 12.2. The molecule has 0 bridgehead atoms. The molecule has 1 aliphatic carbocycles. The molecule has 1 aliphatic rings. The minimum absolute atomic E-state index is 0.197. The highest BCUT2D eigenvalue weighted by atomic mass is 14.8. The molecule has 2 nitrogen and oxygen atoms in total. The Morgan fingerprint density at radius 2 is 2.00 bits per heavy atom. The lowest BCUT2D eigenvalue weighted by atomic mass is 9.60. The van der Waals surface area contributed by atoms with Gasteiger partial charge in [-0.1, -0.05) is 39.7 Å². The maximum absolute atomic E-state index is 6.82. The molecule has 1 aromatic rings. The number of pyridine rings is 1. The van der Waals surface area contributed by atoms with Crippen molar-refractivity contribution in [2.75, 3.05) is 0 Å². The van der Waals surface area contributed by atoms with E-state index >= 15 is 0 Å². The second-order valence-electron chi connectivity index (χ2n) is 6.89. The van der Waals surface area contributed by atoms with Crippen LogP contribution < -0.4 is 5.73 Å². The van der Waals surface area contributed by atoms with Crippen molar-refractivity contribution in [3.63, 3.8) is 0 Å². The van der Waals surface area contributed by atoms with Crippen molar-refractivity contribution in [2.24, 2.45) is 17.1 Å². The van der Waals surface area contributed by atoms with Gasteiger partial charge in [-0.3, -0.25) is 4.98 Å². The van der Waals surface area contributed by atoms with E-state index in [4.69, 9.17) is 5.73 Å². The van der Waals surface area contributed by atoms with E-state index < -0.39 is 0 Å². The first-order chi connectivity index (χ1) is 8.34. The van der Waals surface area contributed by atoms with Crippen molar-refractivity contribution in [1.82, 2.24) is 4.98 Å². The molecule has 1 heterocycles. The van der Waals surface area contributed by atoms with Gasteiger partial charge in [0.15, 0.2) is 0 Å². The third-order valence-corrected chi connectivity index (χ3v) is 4.45. The van der Waals surface area contributed by atoms with Gasteiger partial charge in [-0.05, 0) is 42.7 Å². The molecule has 2 heteroatoms. The van der Waals surface area contributed by atoms with Crippen LogP contribution in [0.5, 0.6) is 0 Å². The second-order valence-corrected chi connectivity index (χ2v) is 6.89. The lowest BCUT2D eigenvalue weighted by Gasteiger charge is -2.48. The summed E-state index contributed by atoms with van der Waals surface area (Å²) in [6.07, 6.45) is 6.84. The van der Waals surface area contributed by atoms with Gasteiger partial charge in [-0.15, -0.1) is 0 Å². The summed E-state index contributed by atoms with van der Waals surface area (Å²) >= 11 is 0. The molecule has 0 aliphatic heterocycles. The first kappa shape index (κ1) is 13.5. The molecule has 0 spiro atoms. The van der Waals surface area contributed by atoms with E-state index in [0.717, 1.165) is 12.1 Å². The minimum Gasteiger partial charge on any atom is -0.321 e. The lowest BCUT2D eigenvalue weighted by Crippen LogP contribution is -2.51. The summed E-state index contributed by atoms with van der Waals surface area (Å²) in [5, 5.41) is 0. The summed E-state index contributed by atoms with van der Waals surface area (Å²) in [5.74, 6) is 0.531. The fourth-order valence-corrected chi connectivity index (χ4v) is 3.49. The maximum atomic E-state index is 6.82. The fourth-order valence-electron chi connectivity index (χ4n) is 3.49. The van der Waals surface area contributed by atoms with E-state index in [9.17, 15) is 0 Å². The van der Waals surface area contributed by atoms with E-state index in [1.54, 1.807) is 0 Å². The summed E-state index contributed by atoms with van der Waals surface area (Å²) < 4.78 is 0. The molecule has 2 N–H and O–H groups in total. The Bertz CT molecular complexity index is 402. The van der Waals surface area contributed by atoms with Crippen LogP contribution in [0.4, 0.5) is 0 Å². The Balaban J connectivity index is 2.39. The lowest BCUT2D eigenvalue weighted by molar-refractivity contribution is 0.0775. The predicted molar refractivity (Wildman–Crippen MR) is 76.3 cm³/mol. The van der Waals surface area contributed by atoms with Crippen LogP contribution in [0.1, 0.15) is 57.7 Å². The predicted octanol–water partition coefficient (Wildman–Crippen LogP) is 3.78. The standard InChI is InChI=1S/C16H26N2/c1-12-8-9-13(11-18-12)16(17)10-6-5-7-14(16)15(2,3)4/h8-9,11,14H,5-7,10,17H2,1-4H3. The van der Waals surface area contributed by atoms with E-state index in [0.29, 0.717) is 5.92 Å². The molecule has 2 atom stereocenters. The van der Waals surface area contributed by atoms with Gasteiger partial charge in [0.25, 0.3) is 0 Å². The number of nitrogens with zero attached hydrogens (tertiary/aromatic N) is 1. The van der Waals surface area contributed by atoms with Gasteiger partial charge in [-0.2, -0.15) is 0 Å². The summed E-state index contributed by atoms with van der Waals surface area (Å²) in [5.41, 5.74) is 9.15. The van der Waals surface area contributed by atoms with E-state index in [1.165, 1.54) is 24.8 Å². The van der Waals surface area contributed by atoms with Crippen LogP contribution in [0.3, 0.4) is 0 Å². The van der Waals surface area contributed by atoms with Gasteiger partial charge >= 0.3 is 0 Å². The van der Waals surface area contributed by atoms with Crippen molar-refractivity contribution in [3.8, 4) is 0 Å². The van der Waals surface area contributed by atoms with Crippen LogP contribution in [0.15, 0.2) is 18.3 Å². The van der Waals surface area contributed by atoms with Crippen LogP contribution in [0, 0.1) is 18.3 Å². The van der Waals surface area contributed by atoms with Crippen LogP contribution in [-0.4, -0.2) is 4.98 Å². The molecular weight excluding hydrogens is 220 g/mol. The molecule has 0 aromatic carbocycles. The first-order valence-electron chi connectivity index (χ1n) is 7.06. The quantitative estimate of drug-likeness (QED) is 0.819. The van der Waals surface area contributed by atoms with Crippen molar-refractivity contribution >= 4 is 0 Å². The summed E-state index contributed by atoms with van der Waals surface area (Å²) in [7, 11) is 0. The summed E-state index contributed by atoms with van der Waals surface area (Å²) in [6.45, 7) is 8.96. The Labute approximate surface area is 111 Å². The normalized spacial score (nSPS) is 29.3. The van der Waals surface area contributed by atoms with Crippen LogP contribution in [0.25, 0.3) is 0 Å². The topological polar surface area (TPSA) is 38.9 Å². The molecular formula is C16H26N2. The van der Waals surface area contributed by atoms with Crippen LogP contribution >= 0.6 is 0 Å². The third-order valence-electron chi connectivity index (χ3n) is 4.45. The Hall–Kier alpha value is -0.890. The minimum atomic E-state index is -0.197. The Kier molecular flexibility index (Phi) is 3.50. The molecule has 0 radical (unpaired) electrons. The molecule has 1 fully saturated rings. The van der Waals surface area contributed by atoms with Crippen molar-refractivity contribution in [1.29, 1.82) is 0 Å². The SMILES string of the molecule is Cc1ccc(C2(N)CCCCC2C(C)(C)C)cn1. The van der Waals surface area contributed by atoms with E-state index in [2.05, 4.69) is 37.9 Å². The molecule has 1 aromatic heterocycles. The van der Waals surface area contributed by atoms with Gasteiger partial charge in [0.2, 0.25) is 0 Å². The highest BCUT2D eigenvalue weighted by Crippen LogP contribution is 2.47. The number of aryl methyl sites for hydroxylation is 1. The average molecular weight is 246 g/mol. The highest BCUT2D eigenvalue weighted by molar-refractivity contribution is 5.25. The fraction of sp³-hybridized carbons (Fsp3) is 0.688. The number of hydrogen-bond donors (Lipinski definition) is 1. The van der Waals surface area contributed by atoms with Gasteiger partial charge < -0.3 is 5.73 Å². The van der Waals surface area contributed by atoms with Gasteiger partial charge in [0.05, 0.1) is 0 Å². The van der Waals surface area contributed by atoms with Gasteiger partial charge in [0, 0.05) is 17.4 Å². The second kappa shape index (κ2) is 4.65. The number of hydrogen-bond acceptors (Lipinski definition) is 2. The van der Waals surface area contributed by atoms with E-state index in [1.807, 2.05) is 13.1 Å². The average Bonchev–Trinajstić information content (AvgIpc) is 2.28. The molecule has 2 unspecified atom stereocenters. The zero-order chi connectivity index (χ0) is 13.4. The summed E-state index contributed by atoms with van der Waals surface area (Å²) in [4.78, 5) is 4.44. The van der Waals surface area contributed by atoms with Crippen molar-refractivity contribution in [3.05, 3.63) is 29.6 Å². The Morgan fingerprint density at radius 3 is 2.56 bits per heavy atom. The molecule has 1 saturated carbocycles. The summed E-state index contributed by atoms with van der Waals surface area (Å²) in [6, 6.07) is 4.25.